The Kier molecular flexibility index (Phi) is 7.09. The van der Waals surface area contributed by atoms with Crippen LogP contribution in [-0.4, -0.2) is 34.0 Å². The number of rotatable bonds is 2. The van der Waals surface area contributed by atoms with Gasteiger partial charge in [0.2, 0.25) is 5.91 Å². The molecule has 1 unspecified atom stereocenters. The van der Waals surface area contributed by atoms with Gasteiger partial charge in [-0.25, -0.2) is 0 Å². The number of nitrogens with zero attached hydrogens (tertiary/aromatic N) is 1. The van der Waals surface area contributed by atoms with Gasteiger partial charge >= 0.3 is 0 Å². The summed E-state index contributed by atoms with van der Waals surface area (Å²) in [6.45, 7) is 7.08. The largest absolute Gasteiger partial charge is 0.369 e. The summed E-state index contributed by atoms with van der Waals surface area (Å²) in [6.07, 6.45) is 5.23. The second-order valence-corrected chi connectivity index (χ2v) is 6.06. The van der Waals surface area contributed by atoms with Crippen molar-refractivity contribution in [3.05, 3.63) is 23.5 Å². The van der Waals surface area contributed by atoms with E-state index in [1.807, 2.05) is 24.1 Å². The predicted octanol–water partition coefficient (Wildman–Crippen LogP) is 2.23. The minimum absolute atomic E-state index is 0.261. The van der Waals surface area contributed by atoms with Gasteiger partial charge in [-0.2, -0.15) is 11.8 Å². The lowest BCUT2D eigenvalue weighted by molar-refractivity contribution is -0.120. The van der Waals surface area contributed by atoms with Crippen molar-refractivity contribution >= 4 is 35.0 Å². The van der Waals surface area contributed by atoms with Gasteiger partial charge in [-0.05, 0) is 30.8 Å². The molecule has 0 spiro atoms. The maximum absolute atomic E-state index is 11.4. The van der Waals surface area contributed by atoms with Crippen molar-refractivity contribution in [2.24, 2.45) is 11.7 Å². The summed E-state index contributed by atoms with van der Waals surface area (Å²) >= 11 is 7.02. The third-order valence-corrected chi connectivity index (χ3v) is 4.30. The van der Waals surface area contributed by atoms with Crippen LogP contribution in [0.4, 0.5) is 0 Å². The van der Waals surface area contributed by atoms with Gasteiger partial charge < -0.3 is 16.0 Å². The van der Waals surface area contributed by atoms with E-state index >= 15 is 0 Å². The van der Waals surface area contributed by atoms with Crippen molar-refractivity contribution in [3.63, 3.8) is 0 Å². The van der Waals surface area contributed by atoms with Crippen LogP contribution in [0.2, 0.25) is 0 Å². The van der Waals surface area contributed by atoms with Crippen LogP contribution in [0, 0.1) is 5.92 Å². The highest BCUT2D eigenvalue weighted by atomic mass is 32.2. The number of thioether (sulfide) groups is 1. The SMILES string of the molecule is CCC.CCN1C=CC2=C(NC1=S)C(C(N)=O)CSC2. The van der Waals surface area contributed by atoms with Crippen molar-refractivity contribution in [3.8, 4) is 0 Å². The van der Waals surface area contributed by atoms with Gasteiger partial charge in [0.25, 0.3) is 0 Å². The van der Waals surface area contributed by atoms with E-state index in [1.165, 1.54) is 6.42 Å². The zero-order valence-electron chi connectivity index (χ0n) is 12.3. The maximum atomic E-state index is 11.4. The van der Waals surface area contributed by atoms with Crippen LogP contribution in [0.1, 0.15) is 27.2 Å². The van der Waals surface area contributed by atoms with Crippen molar-refractivity contribution in [2.75, 3.05) is 18.1 Å². The van der Waals surface area contributed by atoms with Gasteiger partial charge in [-0.3, -0.25) is 4.79 Å². The third kappa shape index (κ3) is 4.24. The first-order valence-corrected chi connectivity index (χ1v) is 8.47. The van der Waals surface area contributed by atoms with E-state index in [0.29, 0.717) is 5.11 Å². The molecule has 0 fully saturated rings. The van der Waals surface area contributed by atoms with Gasteiger partial charge in [0.1, 0.15) is 0 Å². The Bertz CT molecular complexity index is 432. The van der Waals surface area contributed by atoms with Crippen molar-refractivity contribution in [2.45, 2.75) is 27.2 Å². The minimum Gasteiger partial charge on any atom is -0.369 e. The molecule has 0 aromatic carbocycles. The molecule has 20 heavy (non-hydrogen) atoms. The number of nitrogens with one attached hydrogen (secondary N) is 1. The molecule has 2 aliphatic heterocycles. The standard InChI is InChI=1S/C11H15N3OS2.C3H8/c1-2-14-4-3-7-5-17-6-8(10(12)15)9(7)13-11(14)16;1-3-2/h3-4,8H,2,5-6H2,1H3,(H2,12,15)(H,13,16);3H2,1-2H3. The van der Waals surface area contributed by atoms with E-state index in [9.17, 15) is 4.79 Å². The number of allylic oxidation sites excluding steroid dienone is 1. The number of thiocarbonyl (C=S) groups is 1. The van der Waals surface area contributed by atoms with E-state index in [0.717, 1.165) is 29.3 Å². The molecule has 1 atom stereocenters. The average Bonchev–Trinajstić information content (AvgIpc) is 2.57. The Hall–Kier alpha value is -1.01. The normalized spacial score (nSPS) is 21.4. The van der Waals surface area contributed by atoms with Crippen LogP contribution in [0.3, 0.4) is 0 Å². The Morgan fingerprint density at radius 2 is 2.20 bits per heavy atom. The molecule has 1 amide bonds. The van der Waals surface area contributed by atoms with Crippen molar-refractivity contribution in [1.82, 2.24) is 10.2 Å². The molecule has 2 aliphatic rings. The average molecular weight is 313 g/mol. The molecule has 2 rings (SSSR count). The second-order valence-electron chi connectivity index (χ2n) is 4.65. The number of primary amides is 1. The number of amides is 1. The molecule has 0 aliphatic carbocycles. The summed E-state index contributed by atoms with van der Waals surface area (Å²) in [5.74, 6) is 1.06. The van der Waals surface area contributed by atoms with Crippen LogP contribution < -0.4 is 11.1 Å². The summed E-state index contributed by atoms with van der Waals surface area (Å²) < 4.78 is 0. The highest BCUT2D eigenvalue weighted by molar-refractivity contribution is 7.99. The topological polar surface area (TPSA) is 58.4 Å². The lowest BCUT2D eigenvalue weighted by Crippen LogP contribution is -2.41. The first-order chi connectivity index (χ1) is 9.54. The fourth-order valence-corrected chi connectivity index (χ4v) is 3.34. The summed E-state index contributed by atoms with van der Waals surface area (Å²) in [4.78, 5) is 13.4. The van der Waals surface area contributed by atoms with Gasteiger partial charge in [-0.15, -0.1) is 0 Å². The first kappa shape index (κ1) is 17.0. The molecule has 4 nitrogen and oxygen atoms in total. The lowest BCUT2D eigenvalue weighted by atomic mass is 10.0. The number of hydrogen-bond acceptors (Lipinski definition) is 3. The highest BCUT2D eigenvalue weighted by Crippen LogP contribution is 2.29. The fraction of sp³-hybridized carbons (Fsp3) is 0.571. The summed E-state index contributed by atoms with van der Waals surface area (Å²) in [6, 6.07) is 0. The van der Waals surface area contributed by atoms with Gasteiger partial charge in [0.15, 0.2) is 5.11 Å². The predicted molar refractivity (Wildman–Crippen MR) is 90.3 cm³/mol. The second kappa shape index (κ2) is 8.32. The third-order valence-electron chi connectivity index (χ3n) is 2.88. The molecule has 112 valence electrons. The summed E-state index contributed by atoms with van der Waals surface area (Å²) in [7, 11) is 0. The smallest absolute Gasteiger partial charge is 0.227 e. The van der Waals surface area contributed by atoms with E-state index < -0.39 is 0 Å². The van der Waals surface area contributed by atoms with Crippen molar-refractivity contribution < 1.29 is 4.79 Å². The number of nitrogens with two attached hydrogens (primary N) is 1. The van der Waals surface area contributed by atoms with Crippen LogP contribution in [0.5, 0.6) is 0 Å². The summed E-state index contributed by atoms with van der Waals surface area (Å²) in [5.41, 5.74) is 7.43. The van der Waals surface area contributed by atoms with E-state index in [4.69, 9.17) is 18.0 Å². The Morgan fingerprint density at radius 1 is 1.55 bits per heavy atom. The molecule has 2 heterocycles. The maximum Gasteiger partial charge on any atom is 0.227 e. The van der Waals surface area contributed by atoms with Crippen LogP contribution >= 0.6 is 24.0 Å². The number of carbonyl (C=O) groups is 1. The number of carbonyl (C=O) groups excluding carboxylic acids is 1. The lowest BCUT2D eigenvalue weighted by Gasteiger charge is -2.26. The molecular weight excluding hydrogens is 290 g/mol. The first-order valence-electron chi connectivity index (χ1n) is 6.90. The molecule has 0 saturated carbocycles. The molecule has 3 N–H and O–H groups in total. The molecule has 6 heteroatoms. The minimum atomic E-state index is -0.293. The van der Waals surface area contributed by atoms with E-state index in [2.05, 4.69) is 19.2 Å². The van der Waals surface area contributed by atoms with Gasteiger partial charge in [0.05, 0.1) is 5.92 Å². The quantitative estimate of drug-likeness (QED) is 0.766. The molecule has 0 aromatic rings. The molecule has 0 aromatic heterocycles. The highest BCUT2D eigenvalue weighted by Gasteiger charge is 2.29. The van der Waals surface area contributed by atoms with E-state index in [1.54, 1.807) is 11.8 Å². The fourth-order valence-electron chi connectivity index (χ4n) is 1.88. The van der Waals surface area contributed by atoms with E-state index in [-0.39, 0.29) is 11.8 Å². The molecular formula is C14H23N3OS2. The van der Waals surface area contributed by atoms with Crippen LogP contribution in [0.15, 0.2) is 23.5 Å². The Balaban J connectivity index is 0.000000612. The zero-order valence-corrected chi connectivity index (χ0v) is 13.9. The Morgan fingerprint density at radius 3 is 2.75 bits per heavy atom. The Labute approximate surface area is 130 Å². The zero-order chi connectivity index (χ0) is 15.1. The van der Waals surface area contributed by atoms with Crippen LogP contribution in [-0.2, 0) is 4.79 Å². The van der Waals surface area contributed by atoms with Gasteiger partial charge in [0, 0.05) is 29.9 Å². The molecule has 0 radical (unpaired) electrons. The number of hydrogen-bond donors (Lipinski definition) is 2. The van der Waals surface area contributed by atoms with Gasteiger partial charge in [-0.1, -0.05) is 20.3 Å². The molecule has 0 bridgehead atoms. The van der Waals surface area contributed by atoms with Crippen LogP contribution in [0.25, 0.3) is 0 Å². The monoisotopic (exact) mass is 313 g/mol. The van der Waals surface area contributed by atoms with Crippen molar-refractivity contribution in [1.29, 1.82) is 0 Å². The summed E-state index contributed by atoms with van der Waals surface area (Å²) in [5, 5.41) is 3.80. The molecule has 0 saturated heterocycles.